The van der Waals surface area contributed by atoms with E-state index in [1.807, 2.05) is 60.7 Å². The molecule has 1 aromatic heterocycles. The molecular weight excluding hydrogens is 316 g/mol. The van der Waals surface area contributed by atoms with Crippen LogP contribution in [0, 0.1) is 0 Å². The van der Waals surface area contributed by atoms with Crippen LogP contribution < -0.4 is 9.64 Å². The summed E-state index contributed by atoms with van der Waals surface area (Å²) in [7, 11) is 0. The van der Waals surface area contributed by atoms with Crippen LogP contribution >= 0.6 is 0 Å². The highest BCUT2D eigenvalue weighted by atomic mass is 16.5. The highest BCUT2D eigenvalue weighted by molar-refractivity contribution is 5.95. The number of hydrogen-bond acceptors (Lipinski definition) is 4. The van der Waals surface area contributed by atoms with Crippen LogP contribution in [0.2, 0.25) is 0 Å². The van der Waals surface area contributed by atoms with E-state index in [9.17, 15) is 4.79 Å². The molecule has 2 heterocycles. The fourth-order valence-corrected chi connectivity index (χ4v) is 2.94. The molecular formula is C20H18N2O3. The SMILES string of the molecule is O=C1CCCN1c1cccc(OCc2cc(-c3ccccc3)on2)c1. The molecule has 5 nitrogen and oxygen atoms in total. The third-order valence-electron chi connectivity index (χ3n) is 4.21. The Kier molecular flexibility index (Phi) is 4.21. The zero-order valence-corrected chi connectivity index (χ0v) is 13.7. The summed E-state index contributed by atoms with van der Waals surface area (Å²) >= 11 is 0. The first kappa shape index (κ1) is 15.4. The minimum absolute atomic E-state index is 0.168. The number of hydrogen-bond donors (Lipinski definition) is 0. The third-order valence-corrected chi connectivity index (χ3v) is 4.21. The Labute approximate surface area is 145 Å². The molecule has 2 aromatic carbocycles. The van der Waals surface area contributed by atoms with E-state index in [1.54, 1.807) is 4.90 Å². The number of rotatable bonds is 5. The predicted molar refractivity (Wildman–Crippen MR) is 94.3 cm³/mol. The number of nitrogens with zero attached hydrogens (tertiary/aromatic N) is 2. The van der Waals surface area contributed by atoms with E-state index in [1.165, 1.54) is 0 Å². The lowest BCUT2D eigenvalue weighted by Gasteiger charge is -2.16. The highest BCUT2D eigenvalue weighted by Crippen LogP contribution is 2.26. The maximum atomic E-state index is 11.9. The summed E-state index contributed by atoms with van der Waals surface area (Å²) in [5.41, 5.74) is 2.59. The number of carbonyl (C=O) groups excluding carboxylic acids is 1. The van der Waals surface area contributed by atoms with Gasteiger partial charge in [0.05, 0.1) is 0 Å². The maximum absolute atomic E-state index is 11.9. The first-order chi connectivity index (χ1) is 12.3. The van der Waals surface area contributed by atoms with Crippen molar-refractivity contribution in [2.75, 3.05) is 11.4 Å². The molecule has 0 spiro atoms. The third kappa shape index (κ3) is 3.40. The molecule has 0 atom stereocenters. The molecule has 3 aromatic rings. The molecule has 25 heavy (non-hydrogen) atoms. The van der Waals surface area contributed by atoms with Crippen LogP contribution in [0.4, 0.5) is 5.69 Å². The molecule has 0 radical (unpaired) electrons. The number of ether oxygens (including phenoxy) is 1. The van der Waals surface area contributed by atoms with E-state index in [0.717, 1.165) is 35.7 Å². The summed E-state index contributed by atoms with van der Waals surface area (Å²) in [4.78, 5) is 13.7. The van der Waals surface area contributed by atoms with Gasteiger partial charge < -0.3 is 14.2 Å². The molecule has 1 aliphatic heterocycles. The molecule has 0 unspecified atom stereocenters. The second kappa shape index (κ2) is 6.81. The maximum Gasteiger partial charge on any atom is 0.227 e. The number of benzene rings is 2. The molecule has 126 valence electrons. The van der Waals surface area contributed by atoms with Gasteiger partial charge in [0.25, 0.3) is 0 Å². The second-order valence-electron chi connectivity index (χ2n) is 5.98. The lowest BCUT2D eigenvalue weighted by Crippen LogP contribution is -2.23. The minimum Gasteiger partial charge on any atom is -0.487 e. The van der Waals surface area contributed by atoms with E-state index < -0.39 is 0 Å². The Hall–Kier alpha value is -3.08. The summed E-state index contributed by atoms with van der Waals surface area (Å²) in [5, 5.41) is 4.06. The Balaban J connectivity index is 1.43. The largest absolute Gasteiger partial charge is 0.487 e. The van der Waals surface area contributed by atoms with Crippen LogP contribution in [0.15, 0.2) is 65.2 Å². The van der Waals surface area contributed by atoms with Crippen molar-refractivity contribution in [1.82, 2.24) is 5.16 Å². The van der Waals surface area contributed by atoms with Gasteiger partial charge in [0.2, 0.25) is 5.91 Å². The normalized spacial score (nSPS) is 14.1. The van der Waals surface area contributed by atoms with E-state index in [4.69, 9.17) is 9.26 Å². The standard InChI is InChI=1S/C20H18N2O3/c23-20-10-5-11-22(20)17-8-4-9-18(13-17)24-14-16-12-19(25-21-16)15-6-2-1-3-7-15/h1-4,6-9,12-13H,5,10-11,14H2. The number of amides is 1. The van der Waals surface area contributed by atoms with Crippen molar-refractivity contribution in [1.29, 1.82) is 0 Å². The molecule has 5 heteroatoms. The van der Waals surface area contributed by atoms with Crippen LogP contribution in [0.5, 0.6) is 5.75 Å². The van der Waals surface area contributed by atoms with Crippen molar-refractivity contribution < 1.29 is 14.1 Å². The summed E-state index contributed by atoms with van der Waals surface area (Å²) < 4.78 is 11.2. The fourth-order valence-electron chi connectivity index (χ4n) is 2.94. The number of aromatic nitrogens is 1. The summed E-state index contributed by atoms with van der Waals surface area (Å²) in [6, 6.07) is 19.3. The van der Waals surface area contributed by atoms with Crippen LogP contribution in [0.3, 0.4) is 0 Å². The van der Waals surface area contributed by atoms with Crippen molar-refractivity contribution in [2.24, 2.45) is 0 Å². The molecule has 1 saturated heterocycles. The molecule has 0 aliphatic carbocycles. The van der Waals surface area contributed by atoms with Gasteiger partial charge in [-0.3, -0.25) is 4.79 Å². The lowest BCUT2D eigenvalue weighted by atomic mass is 10.2. The van der Waals surface area contributed by atoms with Crippen molar-refractivity contribution in [3.63, 3.8) is 0 Å². The first-order valence-electron chi connectivity index (χ1n) is 8.34. The second-order valence-corrected chi connectivity index (χ2v) is 5.98. The van der Waals surface area contributed by atoms with Gasteiger partial charge in [-0.25, -0.2) is 0 Å². The van der Waals surface area contributed by atoms with Gasteiger partial charge in [-0.15, -0.1) is 0 Å². The molecule has 1 fully saturated rings. The fraction of sp³-hybridized carbons (Fsp3) is 0.200. The van der Waals surface area contributed by atoms with E-state index in [0.29, 0.717) is 18.8 Å². The van der Waals surface area contributed by atoms with Gasteiger partial charge in [0, 0.05) is 36.3 Å². The zero-order chi connectivity index (χ0) is 17.1. The van der Waals surface area contributed by atoms with Crippen LogP contribution in [-0.4, -0.2) is 17.6 Å². The van der Waals surface area contributed by atoms with E-state index in [-0.39, 0.29) is 5.91 Å². The Morgan fingerprint density at radius 2 is 1.96 bits per heavy atom. The topological polar surface area (TPSA) is 55.6 Å². The minimum atomic E-state index is 0.168. The molecule has 1 aliphatic rings. The average molecular weight is 334 g/mol. The van der Waals surface area contributed by atoms with E-state index in [2.05, 4.69) is 5.16 Å². The summed E-state index contributed by atoms with van der Waals surface area (Å²) in [6.45, 7) is 1.08. The van der Waals surface area contributed by atoms with Crippen molar-refractivity contribution in [3.8, 4) is 17.1 Å². The molecule has 1 amide bonds. The predicted octanol–water partition coefficient (Wildman–Crippen LogP) is 4.05. The molecule has 0 saturated carbocycles. The molecule has 4 rings (SSSR count). The molecule has 0 bridgehead atoms. The van der Waals surface area contributed by atoms with Crippen molar-refractivity contribution in [2.45, 2.75) is 19.4 Å². The highest BCUT2D eigenvalue weighted by Gasteiger charge is 2.21. The summed E-state index contributed by atoms with van der Waals surface area (Å²) in [5.74, 6) is 1.60. The lowest BCUT2D eigenvalue weighted by molar-refractivity contribution is -0.117. The summed E-state index contributed by atoms with van der Waals surface area (Å²) in [6.07, 6.45) is 1.53. The van der Waals surface area contributed by atoms with Crippen molar-refractivity contribution >= 4 is 11.6 Å². The monoisotopic (exact) mass is 334 g/mol. The average Bonchev–Trinajstić information content (AvgIpc) is 3.30. The van der Waals surface area contributed by atoms with Gasteiger partial charge in [0.1, 0.15) is 18.1 Å². The Morgan fingerprint density at radius 3 is 2.76 bits per heavy atom. The van der Waals surface area contributed by atoms with Gasteiger partial charge in [-0.05, 0) is 18.6 Å². The van der Waals surface area contributed by atoms with Gasteiger partial charge in [0.15, 0.2) is 5.76 Å². The van der Waals surface area contributed by atoms with Gasteiger partial charge in [-0.2, -0.15) is 0 Å². The Bertz CT molecular complexity index is 873. The smallest absolute Gasteiger partial charge is 0.227 e. The zero-order valence-electron chi connectivity index (χ0n) is 13.7. The van der Waals surface area contributed by atoms with Crippen LogP contribution in [0.25, 0.3) is 11.3 Å². The van der Waals surface area contributed by atoms with Gasteiger partial charge >= 0.3 is 0 Å². The quantitative estimate of drug-likeness (QED) is 0.706. The van der Waals surface area contributed by atoms with Gasteiger partial charge in [-0.1, -0.05) is 41.6 Å². The van der Waals surface area contributed by atoms with Crippen LogP contribution in [0.1, 0.15) is 18.5 Å². The first-order valence-corrected chi connectivity index (χ1v) is 8.34. The van der Waals surface area contributed by atoms with E-state index >= 15 is 0 Å². The van der Waals surface area contributed by atoms with Crippen LogP contribution in [-0.2, 0) is 11.4 Å². The molecule has 0 N–H and O–H groups in total. The number of carbonyl (C=O) groups is 1. The Morgan fingerprint density at radius 1 is 1.08 bits per heavy atom. The number of anilines is 1. The van der Waals surface area contributed by atoms with Crippen molar-refractivity contribution in [3.05, 3.63) is 66.4 Å².